The van der Waals surface area contributed by atoms with E-state index in [2.05, 4.69) is 35.6 Å². The minimum atomic E-state index is 0.557. The van der Waals surface area contributed by atoms with Crippen molar-refractivity contribution < 1.29 is 0 Å². The van der Waals surface area contributed by atoms with E-state index in [9.17, 15) is 0 Å². The van der Waals surface area contributed by atoms with Crippen LogP contribution < -0.4 is 5.32 Å². The maximum atomic E-state index is 5.99. The van der Waals surface area contributed by atoms with Gasteiger partial charge in [-0.05, 0) is 41.7 Å². The molecule has 1 N–H and O–H groups in total. The average molecular weight is 258 g/mol. The summed E-state index contributed by atoms with van der Waals surface area (Å²) in [5.41, 5.74) is 4.22. The van der Waals surface area contributed by atoms with E-state index in [-0.39, 0.29) is 0 Å². The Morgan fingerprint density at radius 2 is 1.72 bits per heavy atom. The van der Waals surface area contributed by atoms with Crippen LogP contribution in [0.25, 0.3) is 0 Å². The molecule has 0 unspecified atom stereocenters. The fourth-order valence-corrected chi connectivity index (χ4v) is 2.83. The maximum absolute atomic E-state index is 5.99. The highest BCUT2D eigenvalue weighted by molar-refractivity contribution is 6.30. The van der Waals surface area contributed by atoms with E-state index >= 15 is 0 Å². The van der Waals surface area contributed by atoms with E-state index < -0.39 is 0 Å². The van der Waals surface area contributed by atoms with Crippen molar-refractivity contribution in [1.82, 2.24) is 5.32 Å². The monoisotopic (exact) mass is 257 g/mol. The minimum absolute atomic E-state index is 0.557. The molecule has 0 spiro atoms. The Bertz CT molecular complexity index is 525. The average Bonchev–Trinajstić information content (AvgIpc) is 2.79. The molecule has 2 aromatic carbocycles. The Morgan fingerprint density at radius 1 is 1.00 bits per heavy atom. The van der Waals surface area contributed by atoms with Crippen LogP contribution in [0.5, 0.6) is 0 Å². The molecule has 0 saturated heterocycles. The predicted octanol–water partition coefficient (Wildman–Crippen LogP) is 3.60. The van der Waals surface area contributed by atoms with E-state index in [1.807, 2.05) is 18.2 Å². The third-order valence-corrected chi connectivity index (χ3v) is 3.77. The number of benzene rings is 2. The van der Waals surface area contributed by atoms with Crippen molar-refractivity contribution in [3.8, 4) is 0 Å². The Balaban J connectivity index is 1.60. The van der Waals surface area contributed by atoms with E-state index in [0.717, 1.165) is 24.4 Å². The van der Waals surface area contributed by atoms with Crippen LogP contribution in [0.15, 0.2) is 48.5 Å². The van der Waals surface area contributed by atoms with Gasteiger partial charge in [-0.15, -0.1) is 0 Å². The van der Waals surface area contributed by atoms with Crippen molar-refractivity contribution >= 4 is 11.6 Å². The highest BCUT2D eigenvalue weighted by atomic mass is 35.5. The van der Waals surface area contributed by atoms with E-state index in [0.29, 0.717) is 6.04 Å². The lowest BCUT2D eigenvalue weighted by atomic mass is 10.1. The minimum Gasteiger partial charge on any atom is -0.309 e. The molecule has 0 heterocycles. The third-order valence-electron chi connectivity index (χ3n) is 3.53. The standard InChI is InChI=1S/C16H16ClN/c17-15-7-3-4-12(8-15)11-18-16-9-13-5-1-2-6-14(13)10-16/h1-8,16,18H,9-11H2. The molecule has 0 radical (unpaired) electrons. The topological polar surface area (TPSA) is 12.0 Å². The Labute approximate surface area is 113 Å². The normalized spacial score (nSPS) is 14.7. The van der Waals surface area contributed by atoms with Crippen LogP contribution in [-0.4, -0.2) is 6.04 Å². The van der Waals surface area contributed by atoms with Crippen LogP contribution in [0.3, 0.4) is 0 Å². The number of fused-ring (bicyclic) bond motifs is 1. The van der Waals surface area contributed by atoms with Crippen molar-refractivity contribution in [1.29, 1.82) is 0 Å². The molecule has 3 rings (SSSR count). The summed E-state index contributed by atoms with van der Waals surface area (Å²) in [6, 6.07) is 17.3. The number of nitrogens with one attached hydrogen (secondary N) is 1. The second-order valence-electron chi connectivity index (χ2n) is 4.88. The van der Waals surface area contributed by atoms with Crippen LogP contribution in [0.2, 0.25) is 5.02 Å². The number of rotatable bonds is 3. The molecule has 18 heavy (non-hydrogen) atoms. The first kappa shape index (κ1) is 11.8. The molecular weight excluding hydrogens is 242 g/mol. The van der Waals surface area contributed by atoms with Gasteiger partial charge in [0.05, 0.1) is 0 Å². The van der Waals surface area contributed by atoms with Gasteiger partial charge in [0.1, 0.15) is 0 Å². The lowest BCUT2D eigenvalue weighted by Gasteiger charge is -2.12. The summed E-state index contributed by atoms with van der Waals surface area (Å²) in [7, 11) is 0. The molecule has 0 aliphatic heterocycles. The van der Waals surface area contributed by atoms with Gasteiger partial charge in [0.25, 0.3) is 0 Å². The van der Waals surface area contributed by atoms with Gasteiger partial charge in [-0.2, -0.15) is 0 Å². The van der Waals surface area contributed by atoms with Gasteiger partial charge in [-0.3, -0.25) is 0 Å². The van der Waals surface area contributed by atoms with Crippen LogP contribution in [0.1, 0.15) is 16.7 Å². The van der Waals surface area contributed by atoms with E-state index in [4.69, 9.17) is 11.6 Å². The lowest BCUT2D eigenvalue weighted by molar-refractivity contribution is 0.533. The van der Waals surface area contributed by atoms with Crippen LogP contribution in [-0.2, 0) is 19.4 Å². The Kier molecular flexibility index (Phi) is 3.35. The Hall–Kier alpha value is -1.31. The predicted molar refractivity (Wildman–Crippen MR) is 75.9 cm³/mol. The summed E-state index contributed by atoms with van der Waals surface area (Å²) in [5, 5.41) is 4.42. The van der Waals surface area contributed by atoms with Gasteiger partial charge in [0.2, 0.25) is 0 Å². The third kappa shape index (κ3) is 2.58. The van der Waals surface area contributed by atoms with Crippen molar-refractivity contribution in [2.75, 3.05) is 0 Å². The molecule has 1 nitrogen and oxygen atoms in total. The highest BCUT2D eigenvalue weighted by Gasteiger charge is 2.19. The molecule has 92 valence electrons. The molecule has 0 fully saturated rings. The number of halogens is 1. The van der Waals surface area contributed by atoms with Crippen LogP contribution >= 0.6 is 11.6 Å². The fraction of sp³-hybridized carbons (Fsp3) is 0.250. The zero-order valence-corrected chi connectivity index (χ0v) is 11.0. The van der Waals surface area contributed by atoms with Gasteiger partial charge >= 0.3 is 0 Å². The highest BCUT2D eigenvalue weighted by Crippen LogP contribution is 2.22. The Morgan fingerprint density at radius 3 is 2.39 bits per heavy atom. The first-order valence-electron chi connectivity index (χ1n) is 6.36. The molecule has 0 amide bonds. The van der Waals surface area contributed by atoms with E-state index in [1.54, 1.807) is 0 Å². The van der Waals surface area contributed by atoms with Gasteiger partial charge < -0.3 is 5.32 Å². The first-order chi connectivity index (χ1) is 8.81. The fourth-order valence-electron chi connectivity index (χ4n) is 2.61. The van der Waals surface area contributed by atoms with E-state index in [1.165, 1.54) is 16.7 Å². The van der Waals surface area contributed by atoms with Crippen LogP contribution in [0.4, 0.5) is 0 Å². The van der Waals surface area contributed by atoms with Gasteiger partial charge in [-0.25, -0.2) is 0 Å². The molecule has 0 bridgehead atoms. The lowest BCUT2D eigenvalue weighted by Crippen LogP contribution is -2.28. The summed E-state index contributed by atoms with van der Waals surface area (Å²) < 4.78 is 0. The molecule has 0 aromatic heterocycles. The molecule has 1 aliphatic carbocycles. The molecule has 2 aromatic rings. The molecule has 0 saturated carbocycles. The largest absolute Gasteiger partial charge is 0.309 e. The number of hydrogen-bond donors (Lipinski definition) is 1. The summed E-state index contributed by atoms with van der Waals surface area (Å²) in [6.07, 6.45) is 2.27. The van der Waals surface area contributed by atoms with Crippen molar-refractivity contribution in [2.45, 2.75) is 25.4 Å². The zero-order valence-electron chi connectivity index (χ0n) is 10.2. The zero-order chi connectivity index (χ0) is 12.4. The van der Waals surface area contributed by atoms with Gasteiger partial charge in [0.15, 0.2) is 0 Å². The van der Waals surface area contributed by atoms with Gasteiger partial charge in [-0.1, -0.05) is 48.0 Å². The van der Waals surface area contributed by atoms with Crippen molar-refractivity contribution in [2.24, 2.45) is 0 Å². The maximum Gasteiger partial charge on any atom is 0.0409 e. The second-order valence-corrected chi connectivity index (χ2v) is 5.32. The first-order valence-corrected chi connectivity index (χ1v) is 6.74. The molecule has 0 atom stereocenters. The smallest absolute Gasteiger partial charge is 0.0409 e. The van der Waals surface area contributed by atoms with Crippen molar-refractivity contribution in [3.05, 3.63) is 70.2 Å². The quantitative estimate of drug-likeness (QED) is 0.886. The summed E-state index contributed by atoms with van der Waals surface area (Å²) in [5.74, 6) is 0. The molecular formula is C16H16ClN. The van der Waals surface area contributed by atoms with Gasteiger partial charge in [0, 0.05) is 17.6 Å². The summed E-state index contributed by atoms with van der Waals surface area (Å²) in [6.45, 7) is 0.888. The molecule has 2 heteroatoms. The SMILES string of the molecule is Clc1cccc(CNC2Cc3ccccc3C2)c1. The summed E-state index contributed by atoms with van der Waals surface area (Å²) >= 11 is 5.99. The van der Waals surface area contributed by atoms with Crippen LogP contribution in [0, 0.1) is 0 Å². The summed E-state index contributed by atoms with van der Waals surface area (Å²) in [4.78, 5) is 0. The second kappa shape index (κ2) is 5.13. The number of hydrogen-bond acceptors (Lipinski definition) is 1. The molecule has 1 aliphatic rings. The van der Waals surface area contributed by atoms with Crippen molar-refractivity contribution in [3.63, 3.8) is 0 Å².